The van der Waals surface area contributed by atoms with E-state index in [-0.39, 0.29) is 5.91 Å². The fourth-order valence-corrected chi connectivity index (χ4v) is 3.35. The van der Waals surface area contributed by atoms with Gasteiger partial charge in [0, 0.05) is 45.5 Å². The van der Waals surface area contributed by atoms with E-state index in [0.29, 0.717) is 16.3 Å². The van der Waals surface area contributed by atoms with Gasteiger partial charge in [0.2, 0.25) is 0 Å². The number of pyridine rings is 1. The Bertz CT molecular complexity index is 497. The molecule has 2 aliphatic rings. The fraction of sp³-hybridized carbons (Fsp3) is 0.600. The largest absolute Gasteiger partial charge is 0.377 e. The van der Waals surface area contributed by atoms with Gasteiger partial charge >= 0.3 is 0 Å². The summed E-state index contributed by atoms with van der Waals surface area (Å²) in [6.45, 7) is 5.28. The Labute approximate surface area is 133 Å². The van der Waals surface area contributed by atoms with Gasteiger partial charge in [-0.05, 0) is 40.9 Å². The van der Waals surface area contributed by atoms with Crippen molar-refractivity contribution >= 4 is 21.8 Å². The highest BCUT2D eigenvalue weighted by Gasteiger charge is 2.26. The number of hydrogen-bond donors (Lipinski definition) is 0. The maximum absolute atomic E-state index is 12.5. The first-order valence-corrected chi connectivity index (χ1v) is 8.27. The molecular weight excluding hydrogens is 334 g/mol. The third-order valence-electron chi connectivity index (χ3n) is 4.13. The van der Waals surface area contributed by atoms with Crippen LogP contribution in [-0.2, 0) is 4.74 Å². The smallest absolute Gasteiger partial charge is 0.256 e. The third kappa shape index (κ3) is 3.62. The highest BCUT2D eigenvalue weighted by atomic mass is 79.9. The average Bonchev–Trinajstić information content (AvgIpc) is 3.01. The van der Waals surface area contributed by atoms with Crippen LogP contribution in [0.3, 0.4) is 0 Å². The van der Waals surface area contributed by atoms with Crippen molar-refractivity contribution in [1.82, 2.24) is 14.8 Å². The minimum Gasteiger partial charge on any atom is -0.377 e. The Morgan fingerprint density at radius 1 is 1.38 bits per heavy atom. The number of piperazine rings is 1. The summed E-state index contributed by atoms with van der Waals surface area (Å²) in [4.78, 5) is 20.9. The predicted molar refractivity (Wildman–Crippen MR) is 83.3 cm³/mol. The first-order chi connectivity index (χ1) is 10.2. The number of hydrogen-bond acceptors (Lipinski definition) is 4. The highest BCUT2D eigenvalue weighted by molar-refractivity contribution is 9.10. The van der Waals surface area contributed by atoms with Gasteiger partial charge in [-0.2, -0.15) is 0 Å². The number of carbonyl (C=O) groups excluding carboxylic acids is 1. The van der Waals surface area contributed by atoms with Crippen LogP contribution < -0.4 is 0 Å². The number of halogens is 1. The lowest BCUT2D eigenvalue weighted by atomic mass is 10.2. The number of carbonyl (C=O) groups is 1. The van der Waals surface area contributed by atoms with Crippen molar-refractivity contribution in [3.8, 4) is 0 Å². The summed E-state index contributed by atoms with van der Waals surface area (Å²) >= 11 is 3.35. The SMILES string of the molecule is O=C(c1cccnc1Br)N1CCN(CC2CCCO2)CC1. The summed E-state index contributed by atoms with van der Waals surface area (Å²) in [6.07, 6.45) is 4.42. The Hall–Kier alpha value is -0.980. The molecule has 1 aromatic rings. The summed E-state index contributed by atoms with van der Waals surface area (Å²) in [5, 5.41) is 0. The van der Waals surface area contributed by atoms with Crippen molar-refractivity contribution in [2.75, 3.05) is 39.3 Å². The van der Waals surface area contributed by atoms with E-state index in [1.165, 1.54) is 12.8 Å². The maximum Gasteiger partial charge on any atom is 0.256 e. The molecule has 114 valence electrons. The molecule has 21 heavy (non-hydrogen) atoms. The van der Waals surface area contributed by atoms with Gasteiger partial charge in [-0.3, -0.25) is 9.69 Å². The molecule has 0 spiro atoms. The summed E-state index contributed by atoms with van der Waals surface area (Å²) in [5.41, 5.74) is 0.644. The van der Waals surface area contributed by atoms with Crippen molar-refractivity contribution in [3.63, 3.8) is 0 Å². The monoisotopic (exact) mass is 353 g/mol. The minimum absolute atomic E-state index is 0.0618. The topological polar surface area (TPSA) is 45.7 Å². The van der Waals surface area contributed by atoms with Gasteiger partial charge in [-0.1, -0.05) is 0 Å². The minimum atomic E-state index is 0.0618. The van der Waals surface area contributed by atoms with E-state index in [2.05, 4.69) is 25.8 Å². The molecule has 0 aromatic carbocycles. The fourth-order valence-electron chi connectivity index (χ4n) is 2.93. The number of nitrogens with zero attached hydrogens (tertiary/aromatic N) is 3. The summed E-state index contributed by atoms with van der Waals surface area (Å²) in [6, 6.07) is 3.61. The molecule has 2 fully saturated rings. The van der Waals surface area contributed by atoms with Gasteiger partial charge in [0.15, 0.2) is 0 Å². The van der Waals surface area contributed by atoms with Crippen LogP contribution in [0.5, 0.6) is 0 Å². The van der Waals surface area contributed by atoms with E-state index in [1.807, 2.05) is 11.0 Å². The summed E-state index contributed by atoms with van der Waals surface area (Å²) in [7, 11) is 0. The second-order valence-electron chi connectivity index (χ2n) is 5.57. The molecule has 0 saturated carbocycles. The second-order valence-corrected chi connectivity index (χ2v) is 6.32. The Kier molecular flexibility index (Phi) is 4.87. The van der Waals surface area contributed by atoms with Crippen LogP contribution in [0, 0.1) is 0 Å². The summed E-state index contributed by atoms with van der Waals surface area (Å²) in [5.74, 6) is 0.0618. The molecule has 5 nitrogen and oxygen atoms in total. The van der Waals surface area contributed by atoms with Gasteiger partial charge in [0.25, 0.3) is 5.91 Å². The van der Waals surface area contributed by atoms with E-state index >= 15 is 0 Å². The molecule has 1 unspecified atom stereocenters. The molecule has 3 heterocycles. The van der Waals surface area contributed by atoms with Crippen LogP contribution in [0.1, 0.15) is 23.2 Å². The average molecular weight is 354 g/mol. The summed E-state index contributed by atoms with van der Waals surface area (Å²) < 4.78 is 6.30. The van der Waals surface area contributed by atoms with Gasteiger partial charge in [0.1, 0.15) is 4.60 Å². The molecule has 1 amide bonds. The lowest BCUT2D eigenvalue weighted by Gasteiger charge is -2.35. The lowest BCUT2D eigenvalue weighted by Crippen LogP contribution is -2.50. The molecule has 0 N–H and O–H groups in total. The Morgan fingerprint density at radius 2 is 2.19 bits per heavy atom. The van der Waals surface area contributed by atoms with Gasteiger partial charge in [-0.25, -0.2) is 4.98 Å². The molecule has 6 heteroatoms. The first kappa shape index (κ1) is 14.9. The third-order valence-corrected chi connectivity index (χ3v) is 4.77. The van der Waals surface area contributed by atoms with Crippen LogP contribution in [0.15, 0.2) is 22.9 Å². The molecule has 2 saturated heterocycles. The standard InChI is InChI=1S/C15H20BrN3O2/c16-14-13(4-1-5-17-14)15(20)19-8-6-18(7-9-19)11-12-3-2-10-21-12/h1,4-5,12H,2-3,6-11H2. The van der Waals surface area contributed by atoms with E-state index in [1.54, 1.807) is 12.3 Å². The van der Waals surface area contributed by atoms with E-state index in [0.717, 1.165) is 39.3 Å². The van der Waals surface area contributed by atoms with Crippen LogP contribution in [0.2, 0.25) is 0 Å². The van der Waals surface area contributed by atoms with Gasteiger partial charge in [0.05, 0.1) is 11.7 Å². The zero-order chi connectivity index (χ0) is 14.7. The molecule has 1 aromatic heterocycles. The lowest BCUT2D eigenvalue weighted by molar-refractivity contribution is 0.0432. The van der Waals surface area contributed by atoms with E-state index < -0.39 is 0 Å². The van der Waals surface area contributed by atoms with Crippen molar-refractivity contribution in [2.24, 2.45) is 0 Å². The number of ether oxygens (including phenoxy) is 1. The first-order valence-electron chi connectivity index (χ1n) is 7.48. The van der Waals surface area contributed by atoms with E-state index in [9.17, 15) is 4.79 Å². The Morgan fingerprint density at radius 3 is 2.86 bits per heavy atom. The number of aromatic nitrogens is 1. The Balaban J connectivity index is 1.53. The predicted octanol–water partition coefficient (Wildman–Crippen LogP) is 1.78. The molecule has 0 aliphatic carbocycles. The molecule has 0 bridgehead atoms. The van der Waals surface area contributed by atoms with Crippen LogP contribution in [-0.4, -0.2) is 66.1 Å². The van der Waals surface area contributed by atoms with Crippen molar-refractivity contribution in [1.29, 1.82) is 0 Å². The van der Waals surface area contributed by atoms with Crippen molar-refractivity contribution in [2.45, 2.75) is 18.9 Å². The molecular formula is C15H20BrN3O2. The second kappa shape index (κ2) is 6.85. The van der Waals surface area contributed by atoms with Crippen LogP contribution >= 0.6 is 15.9 Å². The zero-order valence-corrected chi connectivity index (χ0v) is 13.6. The van der Waals surface area contributed by atoms with Gasteiger partial charge < -0.3 is 9.64 Å². The highest BCUT2D eigenvalue weighted by Crippen LogP contribution is 2.18. The molecule has 0 radical (unpaired) electrons. The van der Waals surface area contributed by atoms with Crippen molar-refractivity contribution < 1.29 is 9.53 Å². The van der Waals surface area contributed by atoms with Crippen molar-refractivity contribution in [3.05, 3.63) is 28.5 Å². The molecule has 3 rings (SSSR count). The number of amides is 1. The van der Waals surface area contributed by atoms with Crippen LogP contribution in [0.25, 0.3) is 0 Å². The van der Waals surface area contributed by atoms with E-state index in [4.69, 9.17) is 4.74 Å². The number of rotatable bonds is 3. The molecule has 2 aliphatic heterocycles. The quantitative estimate of drug-likeness (QED) is 0.777. The maximum atomic E-state index is 12.5. The normalized spacial score (nSPS) is 23.5. The van der Waals surface area contributed by atoms with Crippen LogP contribution in [0.4, 0.5) is 0 Å². The zero-order valence-electron chi connectivity index (χ0n) is 12.0. The molecule has 1 atom stereocenters. The van der Waals surface area contributed by atoms with Gasteiger partial charge in [-0.15, -0.1) is 0 Å².